The molecule has 1 aliphatic heterocycles. The second kappa shape index (κ2) is 10.4. The van der Waals surface area contributed by atoms with Crippen molar-refractivity contribution in [3.63, 3.8) is 0 Å². The van der Waals surface area contributed by atoms with Gasteiger partial charge in [-0.05, 0) is 64.7 Å². The van der Waals surface area contributed by atoms with Crippen LogP contribution in [0.15, 0.2) is 84.9 Å². The van der Waals surface area contributed by atoms with Crippen LogP contribution in [0.1, 0.15) is 30.0 Å². The first-order valence-corrected chi connectivity index (χ1v) is 11.6. The summed E-state index contributed by atoms with van der Waals surface area (Å²) >= 11 is 0. The van der Waals surface area contributed by atoms with Crippen molar-refractivity contribution in [1.82, 2.24) is 9.80 Å². The summed E-state index contributed by atoms with van der Waals surface area (Å²) in [6.45, 7) is 3.14. The van der Waals surface area contributed by atoms with Gasteiger partial charge in [0.2, 0.25) is 5.91 Å². The predicted octanol–water partition coefficient (Wildman–Crippen LogP) is 6.25. The van der Waals surface area contributed by atoms with Crippen LogP contribution in [0.4, 0.5) is 0 Å². The van der Waals surface area contributed by atoms with E-state index in [1.165, 1.54) is 39.9 Å². The van der Waals surface area contributed by atoms with Crippen molar-refractivity contribution in [3.05, 3.63) is 96.1 Å². The summed E-state index contributed by atoms with van der Waals surface area (Å²) in [6.07, 6.45) is 2.91. The van der Waals surface area contributed by atoms with Gasteiger partial charge in [0.15, 0.2) is 0 Å². The van der Waals surface area contributed by atoms with E-state index >= 15 is 0 Å². The van der Waals surface area contributed by atoms with Gasteiger partial charge in [-0.2, -0.15) is 0 Å². The monoisotopic (exact) mass is 458 g/mol. The van der Waals surface area contributed by atoms with Crippen molar-refractivity contribution in [2.24, 2.45) is 0 Å². The lowest BCUT2D eigenvalue weighted by Crippen LogP contribution is -2.39. The summed E-state index contributed by atoms with van der Waals surface area (Å²) in [5.41, 5.74) is 2.33. The Morgan fingerprint density at radius 2 is 1.39 bits per heavy atom. The first-order chi connectivity index (χ1) is 15.7. The molecule has 1 fully saturated rings. The lowest BCUT2D eigenvalue weighted by molar-refractivity contribution is -0.131. The van der Waals surface area contributed by atoms with E-state index in [9.17, 15) is 4.79 Å². The van der Waals surface area contributed by atoms with Gasteiger partial charge in [-0.1, -0.05) is 78.9 Å². The maximum atomic E-state index is 13.7. The number of hydrogen-bond acceptors (Lipinski definition) is 2. The number of likely N-dealkylation sites (N-methyl/N-ethyl adjacent to an activating group) is 1. The van der Waals surface area contributed by atoms with E-state index in [0.717, 1.165) is 25.2 Å². The van der Waals surface area contributed by atoms with Gasteiger partial charge in [-0.15, -0.1) is 12.4 Å². The molecule has 1 aliphatic rings. The zero-order valence-corrected chi connectivity index (χ0v) is 19.9. The maximum absolute atomic E-state index is 13.7. The van der Waals surface area contributed by atoms with Crippen molar-refractivity contribution in [2.45, 2.75) is 25.3 Å². The van der Waals surface area contributed by atoms with Crippen LogP contribution in [0.5, 0.6) is 0 Å². The Hall–Kier alpha value is -2.88. The predicted molar refractivity (Wildman–Crippen MR) is 140 cm³/mol. The third-order valence-corrected chi connectivity index (χ3v) is 6.89. The number of likely N-dealkylation sites (tertiary alicyclic amines) is 1. The molecule has 5 rings (SSSR count). The van der Waals surface area contributed by atoms with Gasteiger partial charge in [0.05, 0.1) is 12.5 Å². The molecule has 3 nitrogen and oxygen atoms in total. The number of amides is 1. The number of benzene rings is 4. The molecule has 0 unspecified atom stereocenters. The lowest BCUT2D eigenvalue weighted by atomic mass is 9.94. The largest absolute Gasteiger partial charge is 0.337 e. The fourth-order valence-electron chi connectivity index (χ4n) is 5.08. The zero-order chi connectivity index (χ0) is 21.9. The van der Waals surface area contributed by atoms with E-state index in [2.05, 4.69) is 83.8 Å². The van der Waals surface area contributed by atoms with E-state index in [1.54, 1.807) is 0 Å². The van der Waals surface area contributed by atoms with Gasteiger partial charge in [-0.25, -0.2) is 0 Å². The molecule has 0 saturated carbocycles. The number of fused-ring (bicyclic) bond motifs is 2. The number of carbonyl (C=O) groups is 1. The summed E-state index contributed by atoms with van der Waals surface area (Å²) in [5.74, 6) is 0.166. The van der Waals surface area contributed by atoms with Gasteiger partial charge in [-0.3, -0.25) is 4.79 Å². The van der Waals surface area contributed by atoms with Gasteiger partial charge < -0.3 is 9.80 Å². The average molecular weight is 459 g/mol. The standard InChI is InChI=1S/C29H30N2O.ClH/c1-30(28(21-31-17-9-10-18-31)22-11-3-2-4-12-22)29(32)20-27-25-15-7-5-13-23(25)19-24-14-6-8-16-26(24)27;/h2-8,11-16,19,28H,9-10,17-18,20-21H2,1H3;1H/t28-;/m1./s1. The van der Waals surface area contributed by atoms with E-state index in [1.807, 2.05) is 18.0 Å². The highest BCUT2D eigenvalue weighted by atomic mass is 35.5. The number of halogens is 1. The minimum atomic E-state index is 0. The second-order valence-electron chi connectivity index (χ2n) is 8.91. The molecule has 0 radical (unpaired) electrons. The molecule has 1 atom stereocenters. The van der Waals surface area contributed by atoms with E-state index in [4.69, 9.17) is 0 Å². The molecule has 33 heavy (non-hydrogen) atoms. The highest BCUT2D eigenvalue weighted by Crippen LogP contribution is 2.30. The van der Waals surface area contributed by atoms with E-state index in [0.29, 0.717) is 6.42 Å². The molecular weight excluding hydrogens is 428 g/mol. The SMILES string of the molecule is CN(C(=O)Cc1c2ccccc2cc2ccccc12)[C@H](CN1CCCC1)c1ccccc1.Cl. The van der Waals surface area contributed by atoms with Crippen LogP contribution in [0.25, 0.3) is 21.5 Å². The molecule has 0 spiro atoms. The molecule has 0 bridgehead atoms. The third kappa shape index (κ3) is 4.90. The van der Waals surface area contributed by atoms with Crippen molar-refractivity contribution in [3.8, 4) is 0 Å². The molecule has 4 heteroatoms. The van der Waals surface area contributed by atoms with Crippen LogP contribution in [0, 0.1) is 0 Å². The van der Waals surface area contributed by atoms with Crippen molar-refractivity contribution < 1.29 is 4.79 Å². The smallest absolute Gasteiger partial charge is 0.227 e. The van der Waals surface area contributed by atoms with Gasteiger partial charge >= 0.3 is 0 Å². The van der Waals surface area contributed by atoms with Gasteiger partial charge in [0.25, 0.3) is 0 Å². The Morgan fingerprint density at radius 1 is 0.848 bits per heavy atom. The maximum Gasteiger partial charge on any atom is 0.227 e. The minimum absolute atomic E-state index is 0. The zero-order valence-electron chi connectivity index (χ0n) is 19.1. The highest BCUT2D eigenvalue weighted by Gasteiger charge is 2.26. The first-order valence-electron chi connectivity index (χ1n) is 11.6. The lowest BCUT2D eigenvalue weighted by Gasteiger charge is -2.32. The highest BCUT2D eigenvalue weighted by molar-refractivity contribution is 6.04. The number of carbonyl (C=O) groups excluding carboxylic acids is 1. The summed E-state index contributed by atoms with van der Waals surface area (Å²) < 4.78 is 0. The quantitative estimate of drug-likeness (QED) is 0.319. The fraction of sp³-hybridized carbons (Fsp3) is 0.276. The molecular formula is C29H31ClN2O. The van der Waals surface area contributed by atoms with E-state index in [-0.39, 0.29) is 24.4 Å². The molecule has 170 valence electrons. The van der Waals surface area contributed by atoms with E-state index < -0.39 is 0 Å². The minimum Gasteiger partial charge on any atom is -0.337 e. The van der Waals surface area contributed by atoms with Crippen LogP contribution < -0.4 is 0 Å². The molecule has 1 heterocycles. The Labute approximate surface area is 202 Å². The van der Waals surface area contributed by atoms with Crippen LogP contribution in [0.2, 0.25) is 0 Å². The van der Waals surface area contributed by atoms with Gasteiger partial charge in [0, 0.05) is 13.6 Å². The average Bonchev–Trinajstić information content (AvgIpc) is 3.36. The Bertz CT molecular complexity index is 1180. The summed E-state index contributed by atoms with van der Waals surface area (Å²) in [6, 6.07) is 29.6. The van der Waals surface area contributed by atoms with Crippen molar-refractivity contribution in [2.75, 3.05) is 26.7 Å². The second-order valence-corrected chi connectivity index (χ2v) is 8.91. The van der Waals surface area contributed by atoms with Crippen LogP contribution in [0.3, 0.4) is 0 Å². The Kier molecular flexibility index (Phi) is 7.32. The number of hydrogen-bond donors (Lipinski definition) is 0. The Balaban J connectivity index is 0.00000259. The van der Waals surface area contributed by atoms with Crippen molar-refractivity contribution in [1.29, 1.82) is 0 Å². The van der Waals surface area contributed by atoms with Gasteiger partial charge in [0.1, 0.15) is 0 Å². The molecule has 0 aromatic heterocycles. The summed E-state index contributed by atoms with van der Waals surface area (Å²) in [5, 5.41) is 4.72. The summed E-state index contributed by atoms with van der Waals surface area (Å²) in [4.78, 5) is 18.2. The fourth-order valence-corrected chi connectivity index (χ4v) is 5.08. The topological polar surface area (TPSA) is 23.6 Å². The van der Waals surface area contributed by atoms with Crippen LogP contribution >= 0.6 is 12.4 Å². The number of nitrogens with zero attached hydrogens (tertiary/aromatic N) is 2. The summed E-state index contributed by atoms with van der Waals surface area (Å²) in [7, 11) is 1.98. The number of rotatable bonds is 6. The molecule has 1 amide bonds. The molecule has 4 aromatic carbocycles. The molecule has 1 saturated heterocycles. The molecule has 4 aromatic rings. The molecule has 0 aliphatic carbocycles. The van der Waals surface area contributed by atoms with Crippen LogP contribution in [-0.4, -0.2) is 42.4 Å². The Morgan fingerprint density at radius 3 is 2.00 bits per heavy atom. The van der Waals surface area contributed by atoms with Crippen molar-refractivity contribution >= 4 is 39.9 Å². The first kappa shape index (κ1) is 23.3. The third-order valence-electron chi connectivity index (χ3n) is 6.89. The van der Waals surface area contributed by atoms with Crippen LogP contribution in [-0.2, 0) is 11.2 Å². The normalized spacial score (nSPS) is 14.8. The molecule has 0 N–H and O–H groups in total.